The molecule has 128 valence electrons. The zero-order chi connectivity index (χ0) is 16.7. The van der Waals surface area contributed by atoms with E-state index < -0.39 is 0 Å². The zero-order valence-corrected chi connectivity index (χ0v) is 14.3. The average molecular weight is 334 g/mol. The van der Waals surface area contributed by atoms with Crippen LogP contribution in [-0.4, -0.2) is 40.9 Å². The molecule has 0 N–H and O–H groups in total. The van der Waals surface area contributed by atoms with Crippen molar-refractivity contribution in [3.8, 4) is 0 Å². The fourth-order valence-electron chi connectivity index (χ4n) is 4.10. The van der Waals surface area contributed by atoms with Gasteiger partial charge in [-0.05, 0) is 36.6 Å². The van der Waals surface area contributed by atoms with Crippen LogP contribution in [0.15, 0.2) is 48.8 Å². The third-order valence-electron chi connectivity index (χ3n) is 5.73. The summed E-state index contributed by atoms with van der Waals surface area (Å²) < 4.78 is 7.34. The highest BCUT2D eigenvalue weighted by Gasteiger charge is 2.42. The van der Waals surface area contributed by atoms with Gasteiger partial charge in [-0.15, -0.1) is 0 Å². The number of rotatable bonds is 3. The van der Waals surface area contributed by atoms with Crippen LogP contribution in [0.1, 0.15) is 30.5 Å². The van der Waals surface area contributed by atoms with Crippen molar-refractivity contribution in [3.63, 3.8) is 0 Å². The minimum Gasteiger partial charge on any atom is -0.378 e. The van der Waals surface area contributed by atoms with Gasteiger partial charge in [-0.3, -0.25) is 0 Å². The van der Waals surface area contributed by atoms with Gasteiger partial charge in [0.25, 0.3) is 0 Å². The number of hydrogen-bond acceptors (Lipinski definition) is 4. The summed E-state index contributed by atoms with van der Waals surface area (Å²) in [5, 5.41) is 4.82. The predicted octanol–water partition coefficient (Wildman–Crippen LogP) is 3.04. The Morgan fingerprint density at radius 3 is 2.52 bits per heavy atom. The molecule has 0 spiro atoms. The van der Waals surface area contributed by atoms with Crippen LogP contribution in [0.25, 0.3) is 5.65 Å². The van der Waals surface area contributed by atoms with Crippen LogP contribution in [0.4, 0.5) is 5.69 Å². The van der Waals surface area contributed by atoms with Gasteiger partial charge in [0.1, 0.15) is 0 Å². The highest BCUT2D eigenvalue weighted by molar-refractivity contribution is 5.52. The van der Waals surface area contributed by atoms with Crippen molar-refractivity contribution >= 4 is 11.3 Å². The van der Waals surface area contributed by atoms with Crippen LogP contribution in [0.2, 0.25) is 0 Å². The third kappa shape index (κ3) is 2.42. The van der Waals surface area contributed by atoms with E-state index in [4.69, 9.17) is 9.84 Å². The topological polar surface area (TPSA) is 42.7 Å². The Bertz CT molecular complexity index is 843. The quantitative estimate of drug-likeness (QED) is 0.738. The Kier molecular flexibility index (Phi) is 3.48. The lowest BCUT2D eigenvalue weighted by Gasteiger charge is -2.41. The summed E-state index contributed by atoms with van der Waals surface area (Å²) in [5.74, 6) is 0. The van der Waals surface area contributed by atoms with E-state index in [1.54, 1.807) is 0 Å². The molecule has 0 unspecified atom stereocenters. The van der Waals surface area contributed by atoms with Crippen LogP contribution >= 0.6 is 0 Å². The summed E-state index contributed by atoms with van der Waals surface area (Å²) in [7, 11) is 0. The van der Waals surface area contributed by atoms with E-state index >= 15 is 0 Å². The smallest absolute Gasteiger partial charge is 0.155 e. The fourth-order valence-corrected chi connectivity index (χ4v) is 4.10. The van der Waals surface area contributed by atoms with Gasteiger partial charge in [-0.25, -0.2) is 9.50 Å². The highest BCUT2D eigenvalue weighted by atomic mass is 16.5. The van der Waals surface area contributed by atoms with E-state index in [1.165, 1.54) is 17.7 Å². The van der Waals surface area contributed by atoms with Crippen molar-refractivity contribution in [2.45, 2.75) is 24.7 Å². The first-order valence-corrected chi connectivity index (χ1v) is 9.09. The molecule has 0 atom stereocenters. The normalized spacial score (nSPS) is 19.8. The Morgan fingerprint density at radius 1 is 1.04 bits per heavy atom. The van der Waals surface area contributed by atoms with Gasteiger partial charge in [0.15, 0.2) is 5.65 Å². The standard InChI is InChI=1S/C20H22N4O/c1-7-20(8-1,18-15-19-21-9-2-10-24(19)22-18)16-3-5-17(6-4-16)23-11-13-25-14-12-23/h2-6,9-10,15H,1,7-8,11-14H2. The molecule has 3 heterocycles. The lowest BCUT2D eigenvalue weighted by Crippen LogP contribution is -2.37. The third-order valence-corrected chi connectivity index (χ3v) is 5.73. The Morgan fingerprint density at radius 2 is 1.84 bits per heavy atom. The second-order valence-electron chi connectivity index (χ2n) is 7.03. The number of aromatic nitrogens is 3. The maximum atomic E-state index is 5.45. The molecule has 5 rings (SSSR count). The maximum Gasteiger partial charge on any atom is 0.155 e. The second kappa shape index (κ2) is 5.85. The Hall–Kier alpha value is -2.40. The molecule has 1 saturated carbocycles. The number of benzene rings is 1. The van der Waals surface area contributed by atoms with Crippen molar-refractivity contribution in [3.05, 3.63) is 60.0 Å². The molecular weight excluding hydrogens is 312 g/mol. The Balaban J connectivity index is 1.49. The molecular formula is C20H22N4O. The van der Waals surface area contributed by atoms with Gasteiger partial charge in [-0.1, -0.05) is 18.6 Å². The molecule has 0 bridgehead atoms. The maximum absolute atomic E-state index is 5.45. The summed E-state index contributed by atoms with van der Waals surface area (Å²) in [6.07, 6.45) is 7.37. The van der Waals surface area contributed by atoms with Gasteiger partial charge < -0.3 is 9.64 Å². The number of hydrogen-bond donors (Lipinski definition) is 0. The minimum atomic E-state index is 0.0528. The summed E-state index contributed by atoms with van der Waals surface area (Å²) in [6.45, 7) is 3.59. The lowest BCUT2D eigenvalue weighted by atomic mass is 9.62. The molecule has 1 aromatic carbocycles. The van der Waals surface area contributed by atoms with Crippen molar-refractivity contribution in [2.75, 3.05) is 31.2 Å². The summed E-state index contributed by atoms with van der Waals surface area (Å²) >= 11 is 0. The molecule has 2 fully saturated rings. The fraction of sp³-hybridized carbons (Fsp3) is 0.400. The highest BCUT2D eigenvalue weighted by Crippen LogP contribution is 2.48. The summed E-state index contributed by atoms with van der Waals surface area (Å²) in [6, 6.07) is 13.2. The second-order valence-corrected chi connectivity index (χ2v) is 7.03. The average Bonchev–Trinajstić information content (AvgIpc) is 3.06. The molecule has 1 aliphatic heterocycles. The SMILES string of the molecule is c1cnc2cc(C3(c4ccc(N5CCOCC5)cc4)CCC3)nn2c1. The van der Waals surface area contributed by atoms with Crippen molar-refractivity contribution in [1.82, 2.24) is 14.6 Å². The van der Waals surface area contributed by atoms with E-state index in [9.17, 15) is 0 Å². The van der Waals surface area contributed by atoms with Gasteiger partial charge in [0.2, 0.25) is 0 Å². The Labute approximate surface area is 147 Å². The first kappa shape index (κ1) is 14.9. The number of ether oxygens (including phenoxy) is 1. The number of fused-ring (bicyclic) bond motifs is 1. The largest absolute Gasteiger partial charge is 0.378 e. The number of nitrogens with zero attached hydrogens (tertiary/aromatic N) is 4. The first-order valence-electron chi connectivity index (χ1n) is 9.09. The molecule has 5 nitrogen and oxygen atoms in total. The minimum absolute atomic E-state index is 0.0528. The molecule has 0 amide bonds. The van der Waals surface area contributed by atoms with E-state index in [0.29, 0.717) is 0 Å². The first-order chi connectivity index (χ1) is 12.4. The molecule has 25 heavy (non-hydrogen) atoms. The van der Waals surface area contributed by atoms with E-state index in [2.05, 4.69) is 40.2 Å². The van der Waals surface area contributed by atoms with Crippen LogP contribution in [0.3, 0.4) is 0 Å². The van der Waals surface area contributed by atoms with Crippen LogP contribution in [0, 0.1) is 0 Å². The van der Waals surface area contributed by atoms with Crippen molar-refractivity contribution < 1.29 is 4.74 Å². The predicted molar refractivity (Wildman–Crippen MR) is 97.1 cm³/mol. The molecule has 1 saturated heterocycles. The van der Waals surface area contributed by atoms with Gasteiger partial charge in [0, 0.05) is 42.7 Å². The van der Waals surface area contributed by atoms with Crippen molar-refractivity contribution in [1.29, 1.82) is 0 Å². The lowest BCUT2D eigenvalue weighted by molar-refractivity contribution is 0.122. The molecule has 2 aliphatic rings. The summed E-state index contributed by atoms with van der Waals surface area (Å²) in [4.78, 5) is 6.82. The van der Waals surface area contributed by atoms with E-state index in [1.807, 2.05) is 23.0 Å². The van der Waals surface area contributed by atoms with Crippen molar-refractivity contribution in [2.24, 2.45) is 0 Å². The molecule has 5 heteroatoms. The number of anilines is 1. The van der Waals surface area contributed by atoms with Crippen LogP contribution in [0.5, 0.6) is 0 Å². The van der Waals surface area contributed by atoms with E-state index in [0.717, 1.165) is 50.5 Å². The zero-order valence-electron chi connectivity index (χ0n) is 14.3. The van der Waals surface area contributed by atoms with Gasteiger partial charge in [-0.2, -0.15) is 5.10 Å². The van der Waals surface area contributed by atoms with Crippen LogP contribution < -0.4 is 4.90 Å². The monoisotopic (exact) mass is 334 g/mol. The molecule has 1 aliphatic carbocycles. The van der Waals surface area contributed by atoms with Gasteiger partial charge >= 0.3 is 0 Å². The molecule has 0 radical (unpaired) electrons. The summed E-state index contributed by atoms with van der Waals surface area (Å²) in [5.41, 5.74) is 4.79. The molecule has 3 aromatic rings. The van der Waals surface area contributed by atoms with Gasteiger partial charge in [0.05, 0.1) is 18.9 Å². The van der Waals surface area contributed by atoms with E-state index in [-0.39, 0.29) is 5.41 Å². The molecule has 2 aromatic heterocycles. The van der Waals surface area contributed by atoms with Crippen LogP contribution in [-0.2, 0) is 10.2 Å². The number of morpholine rings is 1.